The Bertz CT molecular complexity index is 664. The Labute approximate surface area is 95.6 Å². The van der Waals surface area contributed by atoms with E-state index in [0.29, 0.717) is 11.4 Å². The second kappa shape index (κ2) is 4.07. The minimum atomic E-state index is -0.248. The lowest BCUT2D eigenvalue weighted by Crippen LogP contribution is -2.04. The molecule has 17 heavy (non-hydrogen) atoms. The van der Waals surface area contributed by atoms with Gasteiger partial charge in [-0.15, -0.1) is 0 Å². The molecule has 1 aromatic carbocycles. The van der Waals surface area contributed by atoms with Gasteiger partial charge in [0.25, 0.3) is 5.56 Å². The predicted octanol–water partition coefficient (Wildman–Crippen LogP) is 2.12. The maximum Gasteiger partial charge on any atom is 0.264 e. The fourth-order valence-electron chi connectivity index (χ4n) is 1.56. The fourth-order valence-corrected chi connectivity index (χ4v) is 1.56. The molecule has 7 nitrogen and oxygen atoms in total. The van der Waals surface area contributed by atoms with Gasteiger partial charge < -0.3 is 5.11 Å². The highest BCUT2D eigenvalue weighted by Crippen LogP contribution is 2.27. The van der Waals surface area contributed by atoms with Crippen molar-refractivity contribution in [1.29, 1.82) is 0 Å². The predicted molar refractivity (Wildman–Crippen MR) is 61.6 cm³/mol. The zero-order valence-electron chi connectivity index (χ0n) is 8.95. The zero-order chi connectivity index (χ0) is 12.4. The number of hydrogen-bond donors (Lipinski definition) is 2. The molecule has 1 heterocycles. The first kappa shape index (κ1) is 10.8. The summed E-state index contributed by atoms with van der Waals surface area (Å²) in [6.07, 6.45) is 0. The Kier molecular flexibility index (Phi) is 2.60. The van der Waals surface area contributed by atoms with Crippen LogP contribution in [0.3, 0.4) is 0 Å². The van der Waals surface area contributed by atoms with Crippen molar-refractivity contribution in [3.05, 3.63) is 50.8 Å². The Hall–Kier alpha value is -2.66. The minimum absolute atomic E-state index is 0.0108. The van der Waals surface area contributed by atoms with Crippen molar-refractivity contribution < 1.29 is 5.11 Å². The molecule has 0 amide bonds. The van der Waals surface area contributed by atoms with Gasteiger partial charge in [-0.2, -0.15) is 0 Å². The van der Waals surface area contributed by atoms with E-state index in [4.69, 9.17) is 5.53 Å². The summed E-state index contributed by atoms with van der Waals surface area (Å²) in [5.74, 6) is -0.0108. The van der Waals surface area contributed by atoms with Crippen molar-refractivity contribution in [2.75, 3.05) is 0 Å². The number of hydrogen-bond acceptors (Lipinski definition) is 3. The summed E-state index contributed by atoms with van der Waals surface area (Å²) < 4.78 is 1.49. The number of phenols is 1. The number of nitrogens with one attached hydrogen (secondary N) is 1. The molecule has 1 aromatic heterocycles. The highest BCUT2D eigenvalue weighted by Gasteiger charge is 2.07. The lowest BCUT2D eigenvalue weighted by Gasteiger charge is -2.08. The Morgan fingerprint density at radius 3 is 2.82 bits per heavy atom. The number of H-pyrrole nitrogens is 1. The van der Waals surface area contributed by atoms with Gasteiger partial charge in [0.15, 0.2) is 0 Å². The SMILES string of the molecule is Cc1cc(=O)[nH]n1-c1ccc(O)cc1N=[N+]=[N-]. The van der Waals surface area contributed by atoms with E-state index in [1.807, 2.05) is 0 Å². The van der Waals surface area contributed by atoms with Crippen molar-refractivity contribution in [3.8, 4) is 11.4 Å². The van der Waals surface area contributed by atoms with Gasteiger partial charge in [0.1, 0.15) is 5.75 Å². The number of aromatic amines is 1. The van der Waals surface area contributed by atoms with E-state index >= 15 is 0 Å². The summed E-state index contributed by atoms with van der Waals surface area (Å²) in [5, 5.41) is 15.4. The van der Waals surface area contributed by atoms with Crippen LogP contribution >= 0.6 is 0 Å². The summed E-state index contributed by atoms with van der Waals surface area (Å²) in [5.41, 5.74) is 9.62. The molecule has 7 heteroatoms. The molecule has 2 aromatic rings. The number of aromatic hydroxyl groups is 1. The summed E-state index contributed by atoms with van der Waals surface area (Å²) in [7, 11) is 0. The van der Waals surface area contributed by atoms with Gasteiger partial charge in [0, 0.05) is 16.7 Å². The quantitative estimate of drug-likeness (QED) is 0.469. The maximum atomic E-state index is 11.2. The first-order chi connectivity index (χ1) is 8.11. The molecular formula is C10H9N5O2. The van der Waals surface area contributed by atoms with Crippen molar-refractivity contribution in [2.45, 2.75) is 6.92 Å². The monoisotopic (exact) mass is 231 g/mol. The number of aromatic nitrogens is 2. The third kappa shape index (κ3) is 1.99. The number of benzene rings is 1. The molecule has 0 aliphatic heterocycles. The molecule has 0 aliphatic carbocycles. The van der Waals surface area contributed by atoms with Crippen molar-refractivity contribution >= 4 is 5.69 Å². The number of phenolic OH excluding ortho intramolecular Hbond substituents is 1. The summed E-state index contributed by atoms with van der Waals surface area (Å²) in [6.45, 7) is 1.74. The molecule has 86 valence electrons. The zero-order valence-corrected chi connectivity index (χ0v) is 8.95. The lowest BCUT2D eigenvalue weighted by atomic mass is 10.2. The Balaban J connectivity index is 2.70. The molecule has 0 bridgehead atoms. The van der Waals surface area contributed by atoms with E-state index < -0.39 is 0 Å². The average Bonchev–Trinajstić information content (AvgIpc) is 2.59. The fraction of sp³-hybridized carbons (Fsp3) is 0.100. The Morgan fingerprint density at radius 1 is 1.47 bits per heavy atom. The van der Waals surface area contributed by atoms with Crippen LogP contribution in [0, 0.1) is 6.92 Å². The van der Waals surface area contributed by atoms with Gasteiger partial charge in [0.05, 0.1) is 11.4 Å². The molecular weight excluding hydrogens is 222 g/mol. The third-order valence-corrected chi connectivity index (χ3v) is 2.27. The molecule has 0 aliphatic rings. The van der Waals surface area contributed by atoms with E-state index in [0.717, 1.165) is 0 Å². The highest BCUT2D eigenvalue weighted by atomic mass is 16.3. The van der Waals surface area contributed by atoms with Gasteiger partial charge in [-0.25, -0.2) is 0 Å². The topological polar surface area (TPSA) is 107 Å². The van der Waals surface area contributed by atoms with Gasteiger partial charge in [-0.3, -0.25) is 14.6 Å². The number of aryl methyl sites for hydroxylation is 1. The molecule has 2 N–H and O–H groups in total. The van der Waals surface area contributed by atoms with Gasteiger partial charge in [-0.05, 0) is 30.7 Å². The van der Waals surface area contributed by atoms with Crippen LogP contribution in [-0.4, -0.2) is 14.9 Å². The van der Waals surface area contributed by atoms with Crippen LogP contribution in [0.4, 0.5) is 5.69 Å². The van der Waals surface area contributed by atoms with Crippen molar-refractivity contribution in [3.63, 3.8) is 0 Å². The van der Waals surface area contributed by atoms with E-state index in [2.05, 4.69) is 15.1 Å². The highest BCUT2D eigenvalue weighted by molar-refractivity contribution is 5.59. The van der Waals surface area contributed by atoms with E-state index in [9.17, 15) is 9.90 Å². The van der Waals surface area contributed by atoms with Crippen molar-refractivity contribution in [2.24, 2.45) is 5.11 Å². The largest absolute Gasteiger partial charge is 0.508 e. The standard InChI is InChI=1S/C10H9N5O2/c1-6-4-10(17)13-15(6)9-3-2-7(16)5-8(9)12-14-11/h2-5,16H,1H3,(H,13,17). The van der Waals surface area contributed by atoms with E-state index in [1.54, 1.807) is 13.0 Å². The van der Waals surface area contributed by atoms with Crippen LogP contribution in [0.25, 0.3) is 16.1 Å². The first-order valence-electron chi connectivity index (χ1n) is 4.79. The van der Waals surface area contributed by atoms with Crippen LogP contribution in [0.15, 0.2) is 34.2 Å². The second-order valence-corrected chi connectivity index (χ2v) is 3.46. The van der Waals surface area contributed by atoms with Crippen LogP contribution in [0.2, 0.25) is 0 Å². The molecule has 0 fully saturated rings. The van der Waals surface area contributed by atoms with Gasteiger partial charge >= 0.3 is 0 Å². The van der Waals surface area contributed by atoms with Crippen LogP contribution in [0.1, 0.15) is 5.69 Å². The maximum absolute atomic E-state index is 11.2. The first-order valence-corrected chi connectivity index (χ1v) is 4.79. The third-order valence-electron chi connectivity index (χ3n) is 2.27. The molecule has 0 saturated heterocycles. The van der Waals surface area contributed by atoms with Gasteiger partial charge in [-0.1, -0.05) is 5.11 Å². The van der Waals surface area contributed by atoms with E-state index in [1.165, 1.54) is 22.9 Å². The van der Waals surface area contributed by atoms with Gasteiger partial charge in [0.2, 0.25) is 0 Å². The lowest BCUT2D eigenvalue weighted by molar-refractivity contribution is 0.475. The molecule has 0 spiro atoms. The van der Waals surface area contributed by atoms with Crippen molar-refractivity contribution in [1.82, 2.24) is 9.78 Å². The molecule has 0 saturated carbocycles. The molecule has 0 unspecified atom stereocenters. The molecule has 2 rings (SSSR count). The summed E-state index contributed by atoms with van der Waals surface area (Å²) >= 11 is 0. The average molecular weight is 231 g/mol. The van der Waals surface area contributed by atoms with Crippen LogP contribution < -0.4 is 5.56 Å². The number of rotatable bonds is 2. The number of azide groups is 1. The van der Waals surface area contributed by atoms with Crippen LogP contribution in [-0.2, 0) is 0 Å². The minimum Gasteiger partial charge on any atom is -0.508 e. The van der Waals surface area contributed by atoms with E-state index in [-0.39, 0.29) is 17.0 Å². The molecule has 0 atom stereocenters. The summed E-state index contributed by atoms with van der Waals surface area (Å²) in [4.78, 5) is 13.9. The smallest absolute Gasteiger partial charge is 0.264 e. The second-order valence-electron chi connectivity index (χ2n) is 3.46. The van der Waals surface area contributed by atoms with Crippen LogP contribution in [0.5, 0.6) is 5.75 Å². The molecule has 0 radical (unpaired) electrons. The summed E-state index contributed by atoms with van der Waals surface area (Å²) in [6, 6.07) is 5.76. The Morgan fingerprint density at radius 2 is 2.24 bits per heavy atom. The normalized spacial score (nSPS) is 9.94. The number of nitrogens with zero attached hydrogens (tertiary/aromatic N) is 4.